The predicted molar refractivity (Wildman–Crippen MR) is 91.4 cm³/mol. The minimum atomic E-state index is -1.09. The van der Waals surface area contributed by atoms with Crippen LogP contribution in [-0.4, -0.2) is 26.7 Å². The van der Waals surface area contributed by atoms with Crippen LogP contribution >= 0.6 is 23.2 Å². The molecule has 0 aliphatic rings. The van der Waals surface area contributed by atoms with Gasteiger partial charge in [0, 0.05) is 17.4 Å². The van der Waals surface area contributed by atoms with Gasteiger partial charge in [0.15, 0.2) is 0 Å². The Morgan fingerprint density at radius 1 is 0.917 bits per heavy atom. The van der Waals surface area contributed by atoms with Gasteiger partial charge in [-0.3, -0.25) is 0 Å². The normalized spacial score (nSPS) is 10.9. The van der Waals surface area contributed by atoms with Crippen LogP contribution in [0.4, 0.5) is 0 Å². The molecular formula is C17H11Cl2NO4. The largest absolute Gasteiger partial charge is 0.478 e. The van der Waals surface area contributed by atoms with Crippen LogP contribution in [0.2, 0.25) is 10.0 Å². The third kappa shape index (κ3) is 2.96. The quantitative estimate of drug-likeness (QED) is 0.720. The second-order valence-electron chi connectivity index (χ2n) is 5.25. The molecule has 0 radical (unpaired) electrons. The van der Waals surface area contributed by atoms with Crippen LogP contribution in [0.5, 0.6) is 0 Å². The number of halogens is 2. The van der Waals surface area contributed by atoms with Crippen molar-refractivity contribution in [2.45, 2.75) is 6.54 Å². The standard InChI is InChI=1S/C17H11Cl2NO4/c18-12-3-1-9(5-13(12)19)8-20-14-4-2-10(16(21)22)6-11(14)7-15(20)17(23)24/h1-7H,8H2,(H,21,22)(H,23,24). The molecule has 1 aromatic heterocycles. The van der Waals surface area contributed by atoms with E-state index in [1.165, 1.54) is 18.2 Å². The Labute approximate surface area is 146 Å². The summed E-state index contributed by atoms with van der Waals surface area (Å²) in [6.45, 7) is 0.272. The lowest BCUT2D eigenvalue weighted by Crippen LogP contribution is -2.09. The molecule has 24 heavy (non-hydrogen) atoms. The third-order valence-corrected chi connectivity index (χ3v) is 4.43. The number of carbonyl (C=O) groups is 2. The van der Waals surface area contributed by atoms with Crippen molar-refractivity contribution in [3.8, 4) is 0 Å². The van der Waals surface area contributed by atoms with Crippen molar-refractivity contribution >= 4 is 46.0 Å². The summed E-state index contributed by atoms with van der Waals surface area (Å²) in [5.74, 6) is -2.16. The number of aromatic nitrogens is 1. The van der Waals surface area contributed by atoms with Crippen LogP contribution < -0.4 is 0 Å². The Morgan fingerprint density at radius 3 is 2.29 bits per heavy atom. The Balaban J connectivity index is 2.14. The zero-order valence-electron chi connectivity index (χ0n) is 12.2. The fourth-order valence-corrected chi connectivity index (χ4v) is 2.89. The van der Waals surface area contributed by atoms with E-state index in [0.29, 0.717) is 20.9 Å². The maximum atomic E-state index is 11.5. The fraction of sp³-hybridized carbons (Fsp3) is 0.0588. The molecule has 0 saturated carbocycles. The van der Waals surface area contributed by atoms with Gasteiger partial charge in [-0.1, -0.05) is 29.3 Å². The van der Waals surface area contributed by atoms with E-state index >= 15 is 0 Å². The summed E-state index contributed by atoms with van der Waals surface area (Å²) in [5.41, 5.74) is 1.58. The molecule has 0 bridgehead atoms. The Bertz CT molecular complexity index is 978. The first-order valence-corrected chi connectivity index (χ1v) is 7.66. The molecule has 0 unspecified atom stereocenters. The molecule has 0 fully saturated rings. The average molecular weight is 364 g/mol. The molecule has 0 aliphatic heterocycles. The van der Waals surface area contributed by atoms with Gasteiger partial charge in [-0.2, -0.15) is 0 Å². The second kappa shape index (κ2) is 6.19. The van der Waals surface area contributed by atoms with E-state index in [4.69, 9.17) is 28.3 Å². The summed E-state index contributed by atoms with van der Waals surface area (Å²) in [6.07, 6.45) is 0. The van der Waals surface area contributed by atoms with E-state index in [9.17, 15) is 14.7 Å². The minimum Gasteiger partial charge on any atom is -0.478 e. The first-order valence-electron chi connectivity index (χ1n) is 6.90. The van der Waals surface area contributed by atoms with Crippen molar-refractivity contribution < 1.29 is 19.8 Å². The van der Waals surface area contributed by atoms with E-state index in [0.717, 1.165) is 5.56 Å². The van der Waals surface area contributed by atoms with Crippen LogP contribution in [0.3, 0.4) is 0 Å². The summed E-state index contributed by atoms with van der Waals surface area (Å²) < 4.78 is 1.60. The fourth-order valence-electron chi connectivity index (χ4n) is 2.57. The van der Waals surface area contributed by atoms with E-state index in [2.05, 4.69) is 0 Å². The first-order chi connectivity index (χ1) is 11.4. The molecule has 2 N–H and O–H groups in total. The number of carboxylic acids is 2. The Kier molecular flexibility index (Phi) is 4.22. The molecule has 5 nitrogen and oxygen atoms in total. The molecule has 0 atom stereocenters. The predicted octanol–water partition coefficient (Wildman–Crippen LogP) is 4.39. The number of fused-ring (bicyclic) bond motifs is 1. The molecule has 2 aromatic carbocycles. The van der Waals surface area contributed by atoms with Gasteiger partial charge >= 0.3 is 11.9 Å². The molecule has 0 spiro atoms. The number of hydrogen-bond donors (Lipinski definition) is 2. The number of benzene rings is 2. The van der Waals surface area contributed by atoms with Crippen molar-refractivity contribution in [3.05, 3.63) is 69.3 Å². The van der Waals surface area contributed by atoms with E-state index in [1.54, 1.807) is 28.8 Å². The molecule has 122 valence electrons. The van der Waals surface area contributed by atoms with Crippen LogP contribution in [0.1, 0.15) is 26.4 Å². The lowest BCUT2D eigenvalue weighted by Gasteiger charge is -2.10. The molecule has 0 amide bonds. The summed E-state index contributed by atoms with van der Waals surface area (Å²) in [5, 5.41) is 19.9. The highest BCUT2D eigenvalue weighted by molar-refractivity contribution is 6.42. The highest BCUT2D eigenvalue weighted by Crippen LogP contribution is 2.26. The van der Waals surface area contributed by atoms with Gasteiger partial charge in [-0.15, -0.1) is 0 Å². The van der Waals surface area contributed by atoms with Gasteiger partial charge in [0.05, 0.1) is 15.6 Å². The summed E-state index contributed by atoms with van der Waals surface area (Å²) in [7, 11) is 0. The van der Waals surface area contributed by atoms with Crippen LogP contribution in [0.15, 0.2) is 42.5 Å². The maximum Gasteiger partial charge on any atom is 0.352 e. The lowest BCUT2D eigenvalue weighted by molar-refractivity contribution is 0.0679. The van der Waals surface area contributed by atoms with Crippen molar-refractivity contribution in [1.82, 2.24) is 4.57 Å². The van der Waals surface area contributed by atoms with Gasteiger partial charge in [0.25, 0.3) is 0 Å². The third-order valence-electron chi connectivity index (χ3n) is 3.69. The first kappa shape index (κ1) is 16.4. The summed E-state index contributed by atoms with van der Waals surface area (Å²) in [6, 6.07) is 11.0. The number of carboxylic acid groups (broad SMARTS) is 2. The van der Waals surface area contributed by atoms with Crippen LogP contribution in [0.25, 0.3) is 10.9 Å². The molecule has 3 rings (SSSR count). The van der Waals surface area contributed by atoms with Gasteiger partial charge in [-0.25, -0.2) is 9.59 Å². The molecular weight excluding hydrogens is 353 g/mol. The Morgan fingerprint density at radius 2 is 1.67 bits per heavy atom. The van der Waals surface area contributed by atoms with Crippen LogP contribution in [0, 0.1) is 0 Å². The average Bonchev–Trinajstić information content (AvgIpc) is 2.89. The van der Waals surface area contributed by atoms with E-state index < -0.39 is 11.9 Å². The Hall–Kier alpha value is -2.50. The summed E-state index contributed by atoms with van der Waals surface area (Å²) >= 11 is 11.9. The van der Waals surface area contributed by atoms with Crippen molar-refractivity contribution in [2.75, 3.05) is 0 Å². The van der Waals surface area contributed by atoms with Crippen molar-refractivity contribution in [1.29, 1.82) is 0 Å². The lowest BCUT2D eigenvalue weighted by atomic mass is 10.1. The van der Waals surface area contributed by atoms with Gasteiger partial charge in [0.1, 0.15) is 5.69 Å². The number of nitrogens with zero attached hydrogens (tertiary/aromatic N) is 1. The molecule has 0 saturated heterocycles. The highest BCUT2D eigenvalue weighted by atomic mass is 35.5. The number of aromatic carboxylic acids is 2. The van der Waals surface area contributed by atoms with E-state index in [1.807, 2.05) is 0 Å². The molecule has 1 heterocycles. The van der Waals surface area contributed by atoms with E-state index in [-0.39, 0.29) is 17.8 Å². The highest BCUT2D eigenvalue weighted by Gasteiger charge is 2.16. The van der Waals surface area contributed by atoms with Gasteiger partial charge < -0.3 is 14.8 Å². The van der Waals surface area contributed by atoms with Crippen molar-refractivity contribution in [2.24, 2.45) is 0 Å². The number of rotatable bonds is 4. The monoisotopic (exact) mass is 363 g/mol. The van der Waals surface area contributed by atoms with Gasteiger partial charge in [0.2, 0.25) is 0 Å². The number of hydrogen-bond acceptors (Lipinski definition) is 2. The maximum absolute atomic E-state index is 11.5. The smallest absolute Gasteiger partial charge is 0.352 e. The zero-order chi connectivity index (χ0) is 17.4. The second-order valence-corrected chi connectivity index (χ2v) is 6.06. The van der Waals surface area contributed by atoms with Crippen LogP contribution in [-0.2, 0) is 6.54 Å². The summed E-state index contributed by atoms with van der Waals surface area (Å²) in [4.78, 5) is 22.6. The van der Waals surface area contributed by atoms with Gasteiger partial charge in [-0.05, 0) is 42.0 Å². The molecule has 3 aromatic rings. The zero-order valence-corrected chi connectivity index (χ0v) is 13.7. The minimum absolute atomic E-state index is 0.0682. The molecule has 7 heteroatoms. The SMILES string of the molecule is O=C(O)c1ccc2c(c1)cc(C(=O)O)n2Cc1ccc(Cl)c(Cl)c1. The van der Waals surface area contributed by atoms with Crippen molar-refractivity contribution in [3.63, 3.8) is 0 Å². The topological polar surface area (TPSA) is 79.5 Å². The molecule has 0 aliphatic carbocycles.